The van der Waals surface area contributed by atoms with Gasteiger partial charge in [0.15, 0.2) is 0 Å². The molecule has 0 amide bonds. The molecule has 19 heavy (non-hydrogen) atoms. The van der Waals surface area contributed by atoms with Crippen LogP contribution in [0.25, 0.3) is 0 Å². The molecule has 1 heterocycles. The van der Waals surface area contributed by atoms with Gasteiger partial charge in [-0.05, 0) is 37.6 Å². The monoisotopic (exact) mass is 341 g/mol. The molecule has 0 aliphatic heterocycles. The van der Waals surface area contributed by atoms with Crippen LogP contribution < -0.4 is 5.73 Å². The summed E-state index contributed by atoms with van der Waals surface area (Å²) in [6, 6.07) is 7.85. The lowest BCUT2D eigenvalue weighted by atomic mass is 9.88. The number of hydrogen-bond donors (Lipinski definition) is 1. The largest absolute Gasteiger partial charge is 0.321 e. The fourth-order valence-electron chi connectivity index (χ4n) is 2.25. The molecule has 1 aromatic heterocycles. The smallest absolute Gasteiger partial charge is 0.0596 e. The number of benzene rings is 1. The van der Waals surface area contributed by atoms with Crippen molar-refractivity contribution in [3.63, 3.8) is 0 Å². The Kier molecular flexibility index (Phi) is 4.04. The van der Waals surface area contributed by atoms with Gasteiger partial charge in [-0.25, -0.2) is 0 Å². The topological polar surface area (TPSA) is 43.8 Å². The number of halogens is 2. The van der Waals surface area contributed by atoms with Gasteiger partial charge in [-0.3, -0.25) is 4.68 Å². The van der Waals surface area contributed by atoms with E-state index in [0.29, 0.717) is 11.4 Å². The fraction of sp³-hybridized carbons (Fsp3) is 0.357. The van der Waals surface area contributed by atoms with Crippen LogP contribution in [0.2, 0.25) is 5.02 Å². The zero-order valence-corrected chi connectivity index (χ0v) is 13.6. The van der Waals surface area contributed by atoms with Crippen molar-refractivity contribution in [1.29, 1.82) is 0 Å². The molecule has 0 spiro atoms. The highest BCUT2D eigenvalue weighted by molar-refractivity contribution is 9.10. The van der Waals surface area contributed by atoms with Crippen molar-refractivity contribution < 1.29 is 0 Å². The minimum atomic E-state index is -0.530. The van der Waals surface area contributed by atoms with E-state index in [1.807, 2.05) is 43.8 Å². The van der Waals surface area contributed by atoms with E-state index in [-0.39, 0.29) is 0 Å². The zero-order chi connectivity index (χ0) is 14.2. The zero-order valence-electron chi connectivity index (χ0n) is 11.2. The Bertz CT molecular complexity index is 605. The average Bonchev–Trinajstić information content (AvgIpc) is 2.55. The Balaban J connectivity index is 2.34. The van der Waals surface area contributed by atoms with Crippen LogP contribution in [-0.4, -0.2) is 9.78 Å². The van der Waals surface area contributed by atoms with Crippen LogP contribution in [-0.2, 0) is 19.0 Å². The third-order valence-corrected chi connectivity index (χ3v) is 4.00. The van der Waals surface area contributed by atoms with Gasteiger partial charge in [-0.2, -0.15) is 5.10 Å². The molecule has 0 radical (unpaired) electrons. The Labute approximate surface area is 126 Å². The average molecular weight is 343 g/mol. The minimum Gasteiger partial charge on any atom is -0.321 e. The number of nitrogens with zero attached hydrogens (tertiary/aromatic N) is 2. The van der Waals surface area contributed by atoms with Gasteiger partial charge < -0.3 is 5.73 Å². The molecule has 0 bridgehead atoms. The van der Waals surface area contributed by atoms with Crippen molar-refractivity contribution in [3.8, 4) is 0 Å². The summed E-state index contributed by atoms with van der Waals surface area (Å²) in [5, 5.41) is 5.03. The summed E-state index contributed by atoms with van der Waals surface area (Å²) < 4.78 is 2.82. The summed E-state index contributed by atoms with van der Waals surface area (Å²) in [5.74, 6) is 0. The van der Waals surface area contributed by atoms with Crippen LogP contribution >= 0.6 is 27.5 Å². The second-order valence-corrected chi connectivity index (χ2v) is 6.44. The highest BCUT2D eigenvalue weighted by Gasteiger charge is 2.26. The van der Waals surface area contributed by atoms with Gasteiger partial charge in [0, 0.05) is 34.2 Å². The maximum atomic E-state index is 6.46. The second kappa shape index (κ2) is 5.27. The lowest BCUT2D eigenvalue weighted by molar-refractivity contribution is 0.472. The molecule has 102 valence electrons. The molecule has 1 unspecified atom stereocenters. The molecular formula is C14H17BrClN3. The van der Waals surface area contributed by atoms with Crippen molar-refractivity contribution in [2.24, 2.45) is 12.8 Å². The SMILES string of the molecule is Cc1cc(CC(C)(N)c2ccc(Br)cc2Cl)n(C)n1. The molecule has 1 aromatic carbocycles. The van der Waals surface area contributed by atoms with E-state index in [2.05, 4.69) is 27.1 Å². The standard InChI is InChI=1S/C14H17BrClN3/c1-9-6-11(19(3)18-9)8-14(2,17)12-5-4-10(15)7-13(12)16/h4-7H,8,17H2,1-3H3. The summed E-state index contributed by atoms with van der Waals surface area (Å²) in [6.45, 7) is 3.97. The van der Waals surface area contributed by atoms with Gasteiger partial charge in [0.25, 0.3) is 0 Å². The van der Waals surface area contributed by atoms with Crippen LogP contribution in [0, 0.1) is 6.92 Å². The van der Waals surface area contributed by atoms with Crippen LogP contribution in [0.4, 0.5) is 0 Å². The van der Waals surface area contributed by atoms with E-state index >= 15 is 0 Å². The van der Waals surface area contributed by atoms with Crippen molar-refractivity contribution in [3.05, 3.63) is 50.7 Å². The first-order chi connectivity index (χ1) is 8.79. The lowest BCUT2D eigenvalue weighted by Gasteiger charge is -2.26. The predicted molar refractivity (Wildman–Crippen MR) is 82.3 cm³/mol. The maximum absolute atomic E-state index is 6.46. The Hall–Kier alpha value is -0.840. The summed E-state index contributed by atoms with van der Waals surface area (Å²) in [4.78, 5) is 0. The first-order valence-electron chi connectivity index (χ1n) is 6.03. The molecule has 5 heteroatoms. The molecule has 0 aliphatic carbocycles. The van der Waals surface area contributed by atoms with Gasteiger partial charge >= 0.3 is 0 Å². The van der Waals surface area contributed by atoms with E-state index in [0.717, 1.165) is 21.4 Å². The van der Waals surface area contributed by atoms with E-state index in [9.17, 15) is 0 Å². The van der Waals surface area contributed by atoms with Crippen LogP contribution in [0.3, 0.4) is 0 Å². The Morgan fingerprint density at radius 1 is 1.42 bits per heavy atom. The highest BCUT2D eigenvalue weighted by atomic mass is 79.9. The second-order valence-electron chi connectivity index (χ2n) is 5.12. The number of aryl methyl sites for hydroxylation is 2. The van der Waals surface area contributed by atoms with Crippen LogP contribution in [0.1, 0.15) is 23.9 Å². The number of hydrogen-bond acceptors (Lipinski definition) is 2. The van der Waals surface area contributed by atoms with Gasteiger partial charge in [0.2, 0.25) is 0 Å². The Morgan fingerprint density at radius 2 is 2.11 bits per heavy atom. The van der Waals surface area contributed by atoms with Crippen molar-refractivity contribution in [1.82, 2.24) is 9.78 Å². The molecule has 2 aromatic rings. The molecule has 1 atom stereocenters. The van der Waals surface area contributed by atoms with E-state index in [4.69, 9.17) is 17.3 Å². The molecule has 2 N–H and O–H groups in total. The van der Waals surface area contributed by atoms with Gasteiger partial charge in [0.1, 0.15) is 0 Å². The van der Waals surface area contributed by atoms with Crippen molar-refractivity contribution in [2.45, 2.75) is 25.8 Å². The summed E-state index contributed by atoms with van der Waals surface area (Å²) in [6.07, 6.45) is 0.686. The molecular weight excluding hydrogens is 326 g/mol. The van der Waals surface area contributed by atoms with Gasteiger partial charge in [-0.15, -0.1) is 0 Å². The molecule has 0 aliphatic rings. The summed E-state index contributed by atoms with van der Waals surface area (Å²) >= 11 is 9.70. The predicted octanol–water partition coefficient (Wildman–Crippen LogP) is 3.56. The maximum Gasteiger partial charge on any atom is 0.0596 e. The fourth-order valence-corrected chi connectivity index (χ4v) is 3.14. The number of aromatic nitrogens is 2. The van der Waals surface area contributed by atoms with E-state index < -0.39 is 5.54 Å². The first kappa shape index (κ1) is 14.6. The number of nitrogens with two attached hydrogens (primary N) is 1. The summed E-state index contributed by atoms with van der Waals surface area (Å²) in [7, 11) is 1.93. The molecule has 0 fully saturated rings. The quantitative estimate of drug-likeness (QED) is 0.927. The normalized spacial score (nSPS) is 14.4. The molecule has 0 saturated carbocycles. The molecule has 2 rings (SSSR count). The van der Waals surface area contributed by atoms with Crippen molar-refractivity contribution in [2.75, 3.05) is 0 Å². The van der Waals surface area contributed by atoms with Gasteiger partial charge in [-0.1, -0.05) is 33.6 Å². The van der Waals surface area contributed by atoms with E-state index in [1.54, 1.807) is 0 Å². The first-order valence-corrected chi connectivity index (χ1v) is 7.20. The van der Waals surface area contributed by atoms with Crippen LogP contribution in [0.5, 0.6) is 0 Å². The van der Waals surface area contributed by atoms with Crippen LogP contribution in [0.15, 0.2) is 28.7 Å². The Morgan fingerprint density at radius 3 is 2.63 bits per heavy atom. The third kappa shape index (κ3) is 3.19. The molecule has 0 saturated heterocycles. The van der Waals surface area contributed by atoms with E-state index in [1.165, 1.54) is 0 Å². The third-order valence-electron chi connectivity index (χ3n) is 3.19. The lowest BCUT2D eigenvalue weighted by Crippen LogP contribution is -2.36. The van der Waals surface area contributed by atoms with Crippen molar-refractivity contribution >= 4 is 27.5 Å². The highest BCUT2D eigenvalue weighted by Crippen LogP contribution is 2.31. The van der Waals surface area contributed by atoms with Gasteiger partial charge in [0.05, 0.1) is 5.69 Å². The molecule has 3 nitrogen and oxygen atoms in total. The number of rotatable bonds is 3. The summed E-state index contributed by atoms with van der Waals surface area (Å²) in [5.41, 5.74) is 8.96. The minimum absolute atomic E-state index is 0.530.